The first kappa shape index (κ1) is 25.5. The summed E-state index contributed by atoms with van der Waals surface area (Å²) >= 11 is 3.31. The van der Waals surface area contributed by atoms with E-state index in [0.29, 0.717) is 28.1 Å². The average Bonchev–Trinajstić information content (AvgIpc) is 3.41. The van der Waals surface area contributed by atoms with Crippen molar-refractivity contribution >= 4 is 44.8 Å². The highest BCUT2D eigenvalue weighted by molar-refractivity contribution is 9.10. The van der Waals surface area contributed by atoms with E-state index >= 15 is 0 Å². The SMILES string of the molecule is CCOc1cccc(N2C(=O)[C@@H]3[C@@H](c4cc(Br)c(O)c(OC)c4)N(c4cccc([N+](=O)[O-])c4)O[C@H]3C2=O)c1. The Bertz CT molecular complexity index is 1450. The number of anilines is 2. The number of nitro benzene ring substituents is 1. The van der Waals surface area contributed by atoms with E-state index in [1.54, 1.807) is 36.4 Å². The van der Waals surface area contributed by atoms with Crippen LogP contribution in [0.1, 0.15) is 18.5 Å². The van der Waals surface area contributed by atoms with Gasteiger partial charge in [-0.15, -0.1) is 0 Å². The first-order valence-electron chi connectivity index (χ1n) is 11.6. The van der Waals surface area contributed by atoms with Gasteiger partial charge in [-0.05, 0) is 58.7 Å². The summed E-state index contributed by atoms with van der Waals surface area (Å²) in [6.45, 7) is 2.24. The van der Waals surface area contributed by atoms with Crippen molar-refractivity contribution in [3.63, 3.8) is 0 Å². The van der Waals surface area contributed by atoms with E-state index in [0.717, 1.165) is 4.90 Å². The molecule has 5 rings (SSSR count). The summed E-state index contributed by atoms with van der Waals surface area (Å²) in [6.07, 6.45) is -1.19. The average molecular weight is 584 g/mol. The number of ether oxygens (including phenoxy) is 2. The second-order valence-corrected chi connectivity index (χ2v) is 9.45. The van der Waals surface area contributed by atoms with E-state index in [9.17, 15) is 24.8 Å². The third-order valence-electron chi connectivity index (χ3n) is 6.41. The smallest absolute Gasteiger partial charge is 0.271 e. The number of aromatic hydroxyl groups is 1. The quantitative estimate of drug-likeness (QED) is 0.242. The predicted octanol–water partition coefficient (Wildman–Crippen LogP) is 4.52. The highest BCUT2D eigenvalue weighted by atomic mass is 79.9. The maximum atomic E-state index is 13.9. The van der Waals surface area contributed by atoms with Crippen molar-refractivity contribution in [2.24, 2.45) is 5.92 Å². The van der Waals surface area contributed by atoms with Crippen LogP contribution in [0.3, 0.4) is 0 Å². The molecule has 2 aliphatic heterocycles. The number of methoxy groups -OCH3 is 1. The number of carbonyl (C=O) groups is 2. The summed E-state index contributed by atoms with van der Waals surface area (Å²) in [6, 6.07) is 14.6. The molecule has 2 aliphatic rings. The van der Waals surface area contributed by atoms with Gasteiger partial charge >= 0.3 is 0 Å². The zero-order valence-corrected chi connectivity index (χ0v) is 21.8. The summed E-state index contributed by atoms with van der Waals surface area (Å²) < 4.78 is 11.1. The zero-order chi connectivity index (χ0) is 27.1. The van der Waals surface area contributed by atoms with Gasteiger partial charge in [0.1, 0.15) is 11.7 Å². The van der Waals surface area contributed by atoms with Crippen LogP contribution in [0.25, 0.3) is 0 Å². The first-order chi connectivity index (χ1) is 18.2. The molecule has 0 saturated carbocycles. The van der Waals surface area contributed by atoms with Gasteiger partial charge in [-0.3, -0.25) is 24.5 Å². The molecular formula is C26H22BrN3O8. The predicted molar refractivity (Wildman–Crippen MR) is 139 cm³/mol. The lowest BCUT2D eigenvalue weighted by molar-refractivity contribution is -0.384. The summed E-state index contributed by atoms with van der Waals surface area (Å²) in [5.74, 6) is -1.58. The van der Waals surface area contributed by atoms with Crippen LogP contribution >= 0.6 is 15.9 Å². The number of nitro groups is 1. The van der Waals surface area contributed by atoms with Gasteiger partial charge in [0.2, 0.25) is 5.91 Å². The van der Waals surface area contributed by atoms with Crippen LogP contribution < -0.4 is 19.4 Å². The lowest BCUT2D eigenvalue weighted by atomic mass is 9.90. The molecule has 1 N–H and O–H groups in total. The minimum absolute atomic E-state index is 0.134. The minimum Gasteiger partial charge on any atom is -0.503 e. The normalized spacial score (nSPS) is 20.6. The van der Waals surface area contributed by atoms with Gasteiger partial charge in [0.05, 0.1) is 40.5 Å². The molecule has 2 amide bonds. The summed E-state index contributed by atoms with van der Waals surface area (Å²) in [4.78, 5) is 45.5. The minimum atomic E-state index is -1.19. The Morgan fingerprint density at radius 1 is 1.08 bits per heavy atom. The Hall–Kier alpha value is -4.16. The number of hydrogen-bond donors (Lipinski definition) is 1. The Morgan fingerprint density at radius 3 is 2.53 bits per heavy atom. The van der Waals surface area contributed by atoms with Crippen LogP contribution in [0.2, 0.25) is 0 Å². The molecule has 2 saturated heterocycles. The number of hydroxylamine groups is 1. The van der Waals surface area contributed by atoms with E-state index in [2.05, 4.69) is 15.9 Å². The number of phenols is 1. The second-order valence-electron chi connectivity index (χ2n) is 8.60. The number of non-ortho nitro benzene ring substituents is 1. The molecule has 196 valence electrons. The molecule has 0 unspecified atom stereocenters. The van der Waals surface area contributed by atoms with Crippen molar-refractivity contribution in [2.45, 2.75) is 19.1 Å². The topological polar surface area (TPSA) is 132 Å². The molecule has 0 spiro atoms. The van der Waals surface area contributed by atoms with Gasteiger partial charge in [-0.2, -0.15) is 0 Å². The molecule has 0 bridgehead atoms. The Kier molecular flexibility index (Phi) is 6.67. The van der Waals surface area contributed by atoms with E-state index < -0.39 is 34.8 Å². The van der Waals surface area contributed by atoms with E-state index in [-0.39, 0.29) is 22.9 Å². The number of fused-ring (bicyclic) bond motifs is 1. The van der Waals surface area contributed by atoms with Crippen molar-refractivity contribution in [3.05, 3.63) is 80.8 Å². The van der Waals surface area contributed by atoms with Crippen molar-refractivity contribution in [3.8, 4) is 17.2 Å². The van der Waals surface area contributed by atoms with E-state index in [4.69, 9.17) is 14.3 Å². The molecule has 38 heavy (non-hydrogen) atoms. The standard InChI is InChI=1S/C26H22BrN3O8/c1-3-37-18-9-5-6-15(13-18)28-25(32)21-22(14-10-19(27)23(31)20(11-14)36-2)29(38-24(21)26(28)33)16-7-4-8-17(12-16)30(34)35/h4-13,21-22,24,31H,3H2,1-2H3/t21-,22-,24-/m1/s1. The van der Waals surface area contributed by atoms with Crippen molar-refractivity contribution < 1.29 is 33.9 Å². The number of amides is 2. The summed E-state index contributed by atoms with van der Waals surface area (Å²) in [5, 5.41) is 23.1. The Morgan fingerprint density at radius 2 is 1.82 bits per heavy atom. The Labute approximate surface area is 225 Å². The van der Waals surface area contributed by atoms with Gasteiger partial charge in [0.25, 0.3) is 11.6 Å². The van der Waals surface area contributed by atoms with Crippen molar-refractivity contribution in [1.29, 1.82) is 0 Å². The lowest BCUT2D eigenvalue weighted by Crippen LogP contribution is -2.37. The number of hydrogen-bond acceptors (Lipinski definition) is 9. The molecule has 11 nitrogen and oxygen atoms in total. The molecule has 0 radical (unpaired) electrons. The van der Waals surface area contributed by atoms with Crippen LogP contribution in [0.5, 0.6) is 17.2 Å². The van der Waals surface area contributed by atoms with Crippen LogP contribution in [0.15, 0.2) is 65.1 Å². The molecular weight excluding hydrogens is 562 g/mol. The molecule has 0 aromatic heterocycles. The number of imide groups is 1. The fraction of sp³-hybridized carbons (Fsp3) is 0.231. The van der Waals surface area contributed by atoms with Crippen LogP contribution in [-0.4, -0.2) is 41.7 Å². The maximum absolute atomic E-state index is 13.9. The highest BCUT2D eigenvalue weighted by Gasteiger charge is 2.60. The fourth-order valence-corrected chi connectivity index (χ4v) is 5.23. The largest absolute Gasteiger partial charge is 0.503 e. The number of rotatable bonds is 7. The number of nitrogens with zero attached hydrogens (tertiary/aromatic N) is 3. The maximum Gasteiger partial charge on any atom is 0.271 e. The molecule has 3 atom stereocenters. The number of halogens is 1. The molecule has 2 fully saturated rings. The highest BCUT2D eigenvalue weighted by Crippen LogP contribution is 2.50. The lowest BCUT2D eigenvalue weighted by Gasteiger charge is -2.29. The van der Waals surface area contributed by atoms with Gasteiger partial charge in [0.15, 0.2) is 17.6 Å². The molecule has 3 aromatic rings. The van der Waals surface area contributed by atoms with Crippen LogP contribution in [0, 0.1) is 16.0 Å². The number of carbonyl (C=O) groups excluding carboxylic acids is 2. The molecule has 12 heteroatoms. The van der Waals surface area contributed by atoms with Crippen LogP contribution in [-0.2, 0) is 14.4 Å². The summed E-state index contributed by atoms with van der Waals surface area (Å²) in [7, 11) is 1.38. The second kappa shape index (κ2) is 9.95. The Balaban J connectivity index is 1.62. The van der Waals surface area contributed by atoms with Gasteiger partial charge in [-0.25, -0.2) is 9.96 Å². The summed E-state index contributed by atoms with van der Waals surface area (Å²) in [5.41, 5.74) is 0.927. The van der Waals surface area contributed by atoms with E-state index in [1.165, 1.54) is 36.4 Å². The molecule has 3 aromatic carbocycles. The zero-order valence-electron chi connectivity index (χ0n) is 20.2. The van der Waals surface area contributed by atoms with Gasteiger partial charge < -0.3 is 14.6 Å². The third kappa shape index (κ3) is 4.21. The van der Waals surface area contributed by atoms with Crippen molar-refractivity contribution in [1.82, 2.24) is 0 Å². The van der Waals surface area contributed by atoms with Crippen LogP contribution in [0.4, 0.5) is 17.1 Å². The van der Waals surface area contributed by atoms with E-state index in [1.807, 2.05) is 6.92 Å². The molecule has 0 aliphatic carbocycles. The van der Waals surface area contributed by atoms with Gasteiger partial charge in [0, 0.05) is 18.2 Å². The monoisotopic (exact) mass is 583 g/mol. The number of benzene rings is 3. The first-order valence-corrected chi connectivity index (χ1v) is 12.4. The van der Waals surface area contributed by atoms with Gasteiger partial charge in [-0.1, -0.05) is 12.1 Å². The number of phenolic OH excluding ortho intramolecular Hbond substituents is 1. The fourth-order valence-electron chi connectivity index (χ4n) is 4.77. The van der Waals surface area contributed by atoms with Crippen molar-refractivity contribution in [2.75, 3.05) is 23.7 Å². The third-order valence-corrected chi connectivity index (χ3v) is 7.01. The molecule has 2 heterocycles.